The molecule has 0 spiro atoms. The van der Waals surface area contributed by atoms with Crippen molar-refractivity contribution in [1.29, 1.82) is 0 Å². The van der Waals surface area contributed by atoms with Crippen LogP contribution in [0.5, 0.6) is 0 Å². The number of anilines is 1. The zero-order valence-corrected chi connectivity index (χ0v) is 12.8. The van der Waals surface area contributed by atoms with Gasteiger partial charge in [-0.1, -0.05) is 19.3 Å². The van der Waals surface area contributed by atoms with E-state index in [1.54, 1.807) is 6.20 Å². The molecule has 2 unspecified atom stereocenters. The Morgan fingerprint density at radius 3 is 2.95 bits per heavy atom. The molecule has 0 aromatic carbocycles. The molecule has 114 valence electrons. The van der Waals surface area contributed by atoms with Crippen molar-refractivity contribution >= 4 is 11.7 Å². The van der Waals surface area contributed by atoms with Gasteiger partial charge in [-0.15, -0.1) is 0 Å². The van der Waals surface area contributed by atoms with Gasteiger partial charge in [-0.25, -0.2) is 4.98 Å². The van der Waals surface area contributed by atoms with Gasteiger partial charge >= 0.3 is 0 Å². The van der Waals surface area contributed by atoms with Crippen molar-refractivity contribution in [2.75, 3.05) is 25.0 Å². The van der Waals surface area contributed by atoms with Crippen LogP contribution >= 0.6 is 0 Å². The molecule has 1 aliphatic heterocycles. The molecule has 0 bridgehead atoms. The van der Waals surface area contributed by atoms with E-state index in [1.165, 1.54) is 32.1 Å². The van der Waals surface area contributed by atoms with Crippen molar-refractivity contribution in [1.82, 2.24) is 9.88 Å². The van der Waals surface area contributed by atoms with Crippen LogP contribution in [0.1, 0.15) is 49.4 Å². The Morgan fingerprint density at radius 1 is 1.33 bits per heavy atom. The maximum Gasteiger partial charge on any atom is 0.254 e. The first-order chi connectivity index (χ1) is 10.3. The summed E-state index contributed by atoms with van der Waals surface area (Å²) in [6, 6.07) is 3.70. The number of fused-ring (bicyclic) bond motifs is 1. The van der Waals surface area contributed by atoms with Crippen LogP contribution in [0, 0.1) is 11.8 Å². The van der Waals surface area contributed by atoms with Crippen LogP contribution in [0.15, 0.2) is 18.3 Å². The Labute approximate surface area is 126 Å². The summed E-state index contributed by atoms with van der Waals surface area (Å²) in [4.78, 5) is 19.0. The monoisotopic (exact) mass is 287 g/mol. The van der Waals surface area contributed by atoms with E-state index in [2.05, 4.69) is 15.2 Å². The van der Waals surface area contributed by atoms with Crippen LogP contribution in [-0.4, -0.2) is 35.4 Å². The number of likely N-dealkylation sites (tertiary alicyclic amines) is 1. The number of carbonyl (C=O) groups is 1. The molecule has 4 heteroatoms. The maximum absolute atomic E-state index is 12.7. The average Bonchev–Trinajstić information content (AvgIpc) is 2.54. The van der Waals surface area contributed by atoms with Crippen molar-refractivity contribution in [3.05, 3.63) is 23.9 Å². The molecule has 21 heavy (non-hydrogen) atoms. The number of aromatic nitrogens is 1. The summed E-state index contributed by atoms with van der Waals surface area (Å²) in [5.41, 5.74) is 0.759. The van der Waals surface area contributed by atoms with Gasteiger partial charge in [-0.3, -0.25) is 4.79 Å². The number of hydrogen-bond donors (Lipinski definition) is 1. The minimum Gasteiger partial charge on any atom is -0.370 e. The standard InChI is InChI=1S/C17H25N3O/c1-2-18-16-11-14(7-9-19-16)17(21)20-10-8-13-5-3-4-6-15(13)12-20/h7,9,11,13,15H,2-6,8,10,12H2,1H3,(H,18,19). The summed E-state index contributed by atoms with van der Waals surface area (Å²) >= 11 is 0. The number of amides is 1. The Hall–Kier alpha value is -1.58. The van der Waals surface area contributed by atoms with E-state index >= 15 is 0 Å². The first kappa shape index (κ1) is 14.4. The third-order valence-corrected chi connectivity index (χ3v) is 4.94. The fraction of sp³-hybridized carbons (Fsp3) is 0.647. The maximum atomic E-state index is 12.7. The molecule has 4 nitrogen and oxygen atoms in total. The molecular formula is C17H25N3O. The predicted molar refractivity (Wildman–Crippen MR) is 84.4 cm³/mol. The molecule has 3 rings (SSSR count). The van der Waals surface area contributed by atoms with Crippen molar-refractivity contribution in [3.8, 4) is 0 Å². The Morgan fingerprint density at radius 2 is 2.14 bits per heavy atom. The second-order valence-corrected chi connectivity index (χ2v) is 6.30. The van der Waals surface area contributed by atoms with Crippen molar-refractivity contribution < 1.29 is 4.79 Å². The highest BCUT2D eigenvalue weighted by Crippen LogP contribution is 2.36. The highest BCUT2D eigenvalue weighted by Gasteiger charge is 2.33. The number of rotatable bonds is 3. The molecule has 1 aliphatic carbocycles. The quantitative estimate of drug-likeness (QED) is 0.928. The predicted octanol–water partition coefficient (Wildman–Crippen LogP) is 3.17. The molecule has 2 fully saturated rings. The van der Waals surface area contributed by atoms with Gasteiger partial charge in [0.25, 0.3) is 5.91 Å². The summed E-state index contributed by atoms with van der Waals surface area (Å²) in [5.74, 6) is 2.54. The highest BCUT2D eigenvalue weighted by molar-refractivity contribution is 5.94. The lowest BCUT2D eigenvalue weighted by Crippen LogP contribution is -2.44. The van der Waals surface area contributed by atoms with Crippen molar-refractivity contribution in [2.24, 2.45) is 11.8 Å². The van der Waals surface area contributed by atoms with Crippen molar-refractivity contribution in [2.45, 2.75) is 39.0 Å². The smallest absolute Gasteiger partial charge is 0.254 e. The first-order valence-corrected chi connectivity index (χ1v) is 8.27. The van der Waals surface area contributed by atoms with Gasteiger partial charge in [0.05, 0.1) is 0 Å². The molecular weight excluding hydrogens is 262 g/mol. The fourth-order valence-corrected chi connectivity index (χ4v) is 3.81. The lowest BCUT2D eigenvalue weighted by Gasteiger charge is -2.41. The van der Waals surface area contributed by atoms with Crippen molar-refractivity contribution in [3.63, 3.8) is 0 Å². The van der Waals surface area contributed by atoms with Gasteiger partial charge in [0, 0.05) is 31.4 Å². The van der Waals surface area contributed by atoms with Crippen LogP contribution < -0.4 is 5.32 Å². The van der Waals surface area contributed by atoms with E-state index in [-0.39, 0.29) is 5.91 Å². The molecule has 1 amide bonds. The minimum absolute atomic E-state index is 0.167. The van der Waals surface area contributed by atoms with E-state index < -0.39 is 0 Å². The van der Waals surface area contributed by atoms with Gasteiger partial charge in [0.2, 0.25) is 0 Å². The van der Waals surface area contributed by atoms with Crippen LogP contribution in [0.4, 0.5) is 5.82 Å². The van der Waals surface area contributed by atoms with Gasteiger partial charge < -0.3 is 10.2 Å². The summed E-state index contributed by atoms with van der Waals surface area (Å²) in [7, 11) is 0. The third kappa shape index (κ3) is 3.20. The molecule has 2 heterocycles. The third-order valence-electron chi connectivity index (χ3n) is 4.94. The van der Waals surface area contributed by atoms with E-state index in [0.29, 0.717) is 0 Å². The normalized spacial score (nSPS) is 25.3. The summed E-state index contributed by atoms with van der Waals surface area (Å²) < 4.78 is 0. The second-order valence-electron chi connectivity index (χ2n) is 6.30. The van der Waals surface area contributed by atoms with E-state index in [4.69, 9.17) is 0 Å². The second kappa shape index (κ2) is 6.46. The van der Waals surface area contributed by atoms with Gasteiger partial charge in [-0.2, -0.15) is 0 Å². The number of nitrogens with zero attached hydrogens (tertiary/aromatic N) is 2. The summed E-state index contributed by atoms with van der Waals surface area (Å²) in [6.07, 6.45) is 8.29. The Balaban J connectivity index is 1.68. The van der Waals surface area contributed by atoms with Crippen LogP contribution in [0.2, 0.25) is 0 Å². The lowest BCUT2D eigenvalue weighted by molar-refractivity contribution is 0.0521. The summed E-state index contributed by atoms with van der Waals surface area (Å²) in [6.45, 7) is 4.71. The number of carbonyl (C=O) groups excluding carboxylic acids is 1. The molecule has 1 N–H and O–H groups in total. The van der Waals surface area contributed by atoms with Crippen LogP contribution in [-0.2, 0) is 0 Å². The minimum atomic E-state index is 0.167. The Kier molecular flexibility index (Phi) is 4.42. The van der Waals surface area contributed by atoms with Gasteiger partial charge in [-0.05, 0) is 43.7 Å². The average molecular weight is 287 g/mol. The molecule has 0 radical (unpaired) electrons. The molecule has 2 atom stereocenters. The molecule has 2 aliphatic rings. The lowest BCUT2D eigenvalue weighted by atomic mass is 9.75. The molecule has 1 aromatic rings. The fourth-order valence-electron chi connectivity index (χ4n) is 3.81. The van der Waals surface area contributed by atoms with Gasteiger partial charge in [0.1, 0.15) is 5.82 Å². The summed E-state index contributed by atoms with van der Waals surface area (Å²) in [5, 5.41) is 3.17. The SMILES string of the molecule is CCNc1cc(C(=O)N2CCC3CCCCC3C2)ccn1. The van der Waals surface area contributed by atoms with Crippen LogP contribution in [0.25, 0.3) is 0 Å². The van der Waals surface area contributed by atoms with Crippen LogP contribution in [0.3, 0.4) is 0 Å². The van der Waals surface area contributed by atoms with Gasteiger partial charge in [0.15, 0.2) is 0 Å². The first-order valence-electron chi connectivity index (χ1n) is 8.27. The Bertz CT molecular complexity index is 503. The molecule has 1 saturated carbocycles. The topological polar surface area (TPSA) is 45.2 Å². The molecule has 1 saturated heterocycles. The number of piperidine rings is 1. The van der Waals surface area contributed by atoms with E-state index in [9.17, 15) is 4.79 Å². The molecule has 1 aromatic heterocycles. The number of hydrogen-bond acceptors (Lipinski definition) is 3. The number of pyridine rings is 1. The van der Waals surface area contributed by atoms with E-state index in [0.717, 1.165) is 42.9 Å². The largest absolute Gasteiger partial charge is 0.370 e. The zero-order chi connectivity index (χ0) is 14.7. The zero-order valence-electron chi connectivity index (χ0n) is 12.8. The number of nitrogens with one attached hydrogen (secondary N) is 1. The van der Waals surface area contributed by atoms with E-state index in [1.807, 2.05) is 19.1 Å². The highest BCUT2D eigenvalue weighted by atomic mass is 16.2.